The van der Waals surface area contributed by atoms with Gasteiger partial charge in [0.1, 0.15) is 23.1 Å². The van der Waals surface area contributed by atoms with Crippen molar-refractivity contribution in [2.45, 2.75) is 96.3 Å². The number of carbonyl (C=O) groups excluding carboxylic acids is 3. The molecule has 2 aliphatic rings. The maximum absolute atomic E-state index is 15.2. The number of hydrogen-bond donors (Lipinski definition) is 2. The Balaban J connectivity index is 1.41. The average molecular weight is 605 g/mol. The Morgan fingerprint density at radius 3 is 2.33 bits per heavy atom. The molecule has 2 N–H and O–H groups in total. The first-order valence-corrected chi connectivity index (χ1v) is 14.4. The maximum atomic E-state index is 15.2. The fraction of sp³-hybridized carbons (Fsp3) is 0.600. The number of alkyl carbamates (subject to hydrolysis) is 1. The zero-order valence-corrected chi connectivity index (χ0v) is 25.5. The van der Waals surface area contributed by atoms with Crippen molar-refractivity contribution >= 4 is 18.3 Å². The number of amides is 3. The van der Waals surface area contributed by atoms with Gasteiger partial charge in [-0.05, 0) is 72.4 Å². The lowest BCUT2D eigenvalue weighted by atomic mass is 9.99. The van der Waals surface area contributed by atoms with Crippen LogP contribution in [0.4, 0.5) is 18.8 Å². The van der Waals surface area contributed by atoms with Crippen LogP contribution in [-0.2, 0) is 20.6 Å². The van der Waals surface area contributed by atoms with Crippen molar-refractivity contribution in [1.82, 2.24) is 20.1 Å². The Labute approximate surface area is 250 Å². The van der Waals surface area contributed by atoms with E-state index in [1.807, 2.05) is 0 Å². The van der Waals surface area contributed by atoms with E-state index in [4.69, 9.17) is 18.6 Å². The minimum atomic E-state index is -1.23. The van der Waals surface area contributed by atoms with Gasteiger partial charge in [-0.3, -0.25) is 4.90 Å². The minimum absolute atomic E-state index is 0.0519. The largest absolute Gasteiger partial charge is 0.444 e. The highest BCUT2D eigenvalue weighted by molar-refractivity contribution is 5.71. The standard InChI is InChI=1S/C30H41FN4O8/c1-29(2,3)42-27(38)34-12-10-20(34)9-11-33-26(37)41-25-22(35(16-23(25)36)28(39)43-30(4,5)6)14-18-7-8-19(13-21(18)31)24-15-32-17-40-24/h7-8,13,15,17,20,22-23,25,36H,9-12,14,16H2,1-6H3,(H,33,37)/t20-,22+,23-,25-/m0/s1. The van der Waals surface area contributed by atoms with Crippen molar-refractivity contribution in [1.29, 1.82) is 0 Å². The average Bonchev–Trinajstić information content (AvgIpc) is 3.49. The summed E-state index contributed by atoms with van der Waals surface area (Å²) in [6.45, 7) is 11.2. The van der Waals surface area contributed by atoms with Crippen molar-refractivity contribution < 1.29 is 42.5 Å². The van der Waals surface area contributed by atoms with E-state index >= 15 is 4.39 Å². The molecule has 0 aliphatic carbocycles. The number of aromatic nitrogens is 1. The third-order valence-corrected chi connectivity index (χ3v) is 7.13. The molecule has 0 unspecified atom stereocenters. The molecule has 0 saturated carbocycles. The molecular weight excluding hydrogens is 563 g/mol. The van der Waals surface area contributed by atoms with Gasteiger partial charge in [0.15, 0.2) is 18.3 Å². The fourth-order valence-electron chi connectivity index (χ4n) is 5.05. The lowest BCUT2D eigenvalue weighted by molar-refractivity contribution is -0.00735. The van der Waals surface area contributed by atoms with Gasteiger partial charge in [0.05, 0.1) is 18.8 Å². The second-order valence-corrected chi connectivity index (χ2v) is 12.8. The Hall–Kier alpha value is -3.87. The number of rotatable bonds is 7. The quantitative estimate of drug-likeness (QED) is 0.437. The third-order valence-electron chi connectivity index (χ3n) is 7.13. The summed E-state index contributed by atoms with van der Waals surface area (Å²) in [5.74, 6) is -0.163. The Kier molecular flexibility index (Phi) is 9.53. The number of aliphatic hydroxyl groups excluding tert-OH is 1. The van der Waals surface area contributed by atoms with Gasteiger partial charge in [-0.1, -0.05) is 12.1 Å². The molecule has 0 bridgehead atoms. The van der Waals surface area contributed by atoms with Crippen LogP contribution in [0.25, 0.3) is 11.3 Å². The molecule has 2 fully saturated rings. The molecule has 4 atom stereocenters. The molecule has 13 heteroatoms. The topological polar surface area (TPSA) is 144 Å². The number of β-amino-alcohol motifs (C(OH)–C–C–N with tert-alkyl or cyclic N) is 1. The molecule has 2 aromatic rings. The lowest BCUT2D eigenvalue weighted by Gasteiger charge is -2.41. The summed E-state index contributed by atoms with van der Waals surface area (Å²) in [6, 6.07) is 3.52. The van der Waals surface area contributed by atoms with Crippen LogP contribution < -0.4 is 5.32 Å². The second kappa shape index (κ2) is 12.8. The van der Waals surface area contributed by atoms with E-state index in [9.17, 15) is 19.5 Å². The van der Waals surface area contributed by atoms with Gasteiger partial charge in [-0.15, -0.1) is 0 Å². The predicted molar refractivity (Wildman–Crippen MR) is 153 cm³/mol. The first kappa shape index (κ1) is 32.1. The number of halogens is 1. The molecule has 2 saturated heterocycles. The van der Waals surface area contributed by atoms with Crippen LogP contribution in [0.1, 0.15) is 59.9 Å². The lowest BCUT2D eigenvalue weighted by Crippen LogP contribution is -2.53. The van der Waals surface area contributed by atoms with E-state index in [1.54, 1.807) is 58.6 Å². The van der Waals surface area contributed by atoms with Crippen molar-refractivity contribution in [3.8, 4) is 11.3 Å². The second-order valence-electron chi connectivity index (χ2n) is 12.8. The van der Waals surface area contributed by atoms with Crippen molar-refractivity contribution in [3.05, 3.63) is 42.2 Å². The predicted octanol–water partition coefficient (Wildman–Crippen LogP) is 4.50. The molecule has 12 nitrogen and oxygen atoms in total. The van der Waals surface area contributed by atoms with Crippen LogP contribution in [0.15, 0.2) is 35.2 Å². The van der Waals surface area contributed by atoms with Gasteiger partial charge in [-0.25, -0.2) is 23.8 Å². The summed E-state index contributed by atoms with van der Waals surface area (Å²) < 4.78 is 37.0. The number of benzene rings is 1. The zero-order chi connectivity index (χ0) is 31.5. The number of aliphatic hydroxyl groups is 1. The monoisotopic (exact) mass is 604 g/mol. The maximum Gasteiger partial charge on any atom is 0.410 e. The Morgan fingerprint density at radius 2 is 1.77 bits per heavy atom. The molecule has 0 spiro atoms. The van der Waals surface area contributed by atoms with Gasteiger partial charge in [-0.2, -0.15) is 0 Å². The highest BCUT2D eigenvalue weighted by Gasteiger charge is 2.47. The summed E-state index contributed by atoms with van der Waals surface area (Å²) >= 11 is 0. The van der Waals surface area contributed by atoms with Crippen molar-refractivity contribution in [2.75, 3.05) is 19.6 Å². The summed E-state index contributed by atoms with van der Waals surface area (Å²) in [6.07, 6.45) is -0.362. The summed E-state index contributed by atoms with van der Waals surface area (Å²) in [7, 11) is 0. The van der Waals surface area contributed by atoms with Crippen LogP contribution in [0.2, 0.25) is 0 Å². The molecule has 236 valence electrons. The normalized spacial score (nSPS) is 22.1. The van der Waals surface area contributed by atoms with Crippen molar-refractivity contribution in [2.24, 2.45) is 0 Å². The SMILES string of the molecule is CC(C)(C)OC(=O)N1CC[C@@H]1CCNC(=O)O[C@H]1[C@@H](Cc2ccc(-c3cnco3)cc2F)N(C(=O)OC(C)(C)C)C[C@@H]1O. The number of likely N-dealkylation sites (tertiary alicyclic amines) is 2. The molecule has 3 amide bonds. The van der Waals surface area contributed by atoms with Gasteiger partial charge in [0.2, 0.25) is 0 Å². The highest BCUT2D eigenvalue weighted by atomic mass is 19.1. The summed E-state index contributed by atoms with van der Waals surface area (Å²) in [4.78, 5) is 45.0. The smallest absolute Gasteiger partial charge is 0.410 e. The first-order chi connectivity index (χ1) is 20.1. The molecule has 4 rings (SSSR count). The van der Waals surface area contributed by atoms with Gasteiger partial charge < -0.3 is 34.0 Å². The Bertz CT molecular complexity index is 1290. The third kappa shape index (κ3) is 8.37. The summed E-state index contributed by atoms with van der Waals surface area (Å²) in [5.41, 5.74) is -0.690. The van der Waals surface area contributed by atoms with E-state index in [0.717, 1.165) is 6.42 Å². The molecule has 2 aliphatic heterocycles. The number of nitrogens with zero attached hydrogens (tertiary/aromatic N) is 3. The van der Waals surface area contributed by atoms with Gasteiger partial charge in [0, 0.05) is 24.7 Å². The molecule has 0 radical (unpaired) electrons. The zero-order valence-electron chi connectivity index (χ0n) is 25.5. The van der Waals surface area contributed by atoms with E-state index in [1.165, 1.54) is 23.6 Å². The van der Waals surface area contributed by atoms with Crippen LogP contribution in [0.3, 0.4) is 0 Å². The van der Waals surface area contributed by atoms with E-state index < -0.39 is 53.5 Å². The van der Waals surface area contributed by atoms with E-state index in [-0.39, 0.29) is 31.1 Å². The highest BCUT2D eigenvalue weighted by Crippen LogP contribution is 2.30. The molecular formula is C30H41FN4O8. The van der Waals surface area contributed by atoms with E-state index in [0.29, 0.717) is 24.3 Å². The molecule has 1 aromatic carbocycles. The van der Waals surface area contributed by atoms with Crippen LogP contribution in [0.5, 0.6) is 0 Å². The first-order valence-electron chi connectivity index (χ1n) is 14.4. The van der Waals surface area contributed by atoms with Crippen LogP contribution in [0, 0.1) is 5.82 Å². The van der Waals surface area contributed by atoms with E-state index in [2.05, 4.69) is 10.3 Å². The molecule has 1 aromatic heterocycles. The number of hydrogen-bond acceptors (Lipinski definition) is 9. The Morgan fingerprint density at radius 1 is 1.09 bits per heavy atom. The van der Waals surface area contributed by atoms with Crippen LogP contribution >= 0.6 is 0 Å². The van der Waals surface area contributed by atoms with Gasteiger partial charge in [0.25, 0.3) is 0 Å². The summed E-state index contributed by atoms with van der Waals surface area (Å²) in [5, 5.41) is 13.5. The number of oxazole rings is 1. The molecule has 43 heavy (non-hydrogen) atoms. The van der Waals surface area contributed by atoms with Gasteiger partial charge >= 0.3 is 18.3 Å². The minimum Gasteiger partial charge on any atom is -0.444 e. The fourth-order valence-corrected chi connectivity index (χ4v) is 5.05. The number of nitrogens with one attached hydrogen (secondary N) is 1. The number of ether oxygens (including phenoxy) is 3. The van der Waals surface area contributed by atoms with Crippen molar-refractivity contribution in [3.63, 3.8) is 0 Å². The van der Waals surface area contributed by atoms with Crippen LogP contribution in [-0.4, -0.2) is 93.3 Å². The number of carbonyl (C=O) groups is 3. The molecule has 3 heterocycles.